The number of benzene rings is 2. The van der Waals surface area contributed by atoms with E-state index in [2.05, 4.69) is 12.2 Å². The van der Waals surface area contributed by atoms with Crippen molar-refractivity contribution in [1.82, 2.24) is 0 Å². The Morgan fingerprint density at radius 2 is 1.79 bits per heavy atom. The Hall–Kier alpha value is -3.02. The first-order valence-electron chi connectivity index (χ1n) is 9.61. The fourth-order valence-electron chi connectivity index (χ4n) is 2.54. The lowest BCUT2D eigenvalue weighted by Crippen LogP contribution is -2.20. The molecular formula is C22H28N2O4. The number of nitrogens with one attached hydrogen (secondary N) is 1. The third kappa shape index (κ3) is 6.61. The van der Waals surface area contributed by atoms with E-state index in [4.69, 9.17) is 15.2 Å². The monoisotopic (exact) mass is 384 g/mol. The van der Waals surface area contributed by atoms with Crippen LogP contribution >= 0.6 is 0 Å². The number of nitrogens with two attached hydrogens (primary N) is 1. The Morgan fingerprint density at radius 1 is 1.04 bits per heavy atom. The van der Waals surface area contributed by atoms with Crippen LogP contribution in [0, 0.1) is 0 Å². The second-order valence-corrected chi connectivity index (χ2v) is 6.53. The molecule has 6 nitrogen and oxygen atoms in total. The van der Waals surface area contributed by atoms with Gasteiger partial charge in [-0.15, -0.1) is 0 Å². The topological polar surface area (TPSA) is 90.6 Å². The van der Waals surface area contributed by atoms with Crippen molar-refractivity contribution in [1.29, 1.82) is 0 Å². The molecule has 2 aromatic rings. The van der Waals surface area contributed by atoms with E-state index in [1.165, 1.54) is 11.6 Å². The summed E-state index contributed by atoms with van der Waals surface area (Å²) in [5, 5.41) is 2.78. The minimum absolute atomic E-state index is 0.213. The van der Waals surface area contributed by atoms with Crippen LogP contribution in [0.4, 0.5) is 11.4 Å². The summed E-state index contributed by atoms with van der Waals surface area (Å²) in [6, 6.07) is 12.4. The number of rotatable bonds is 10. The predicted molar refractivity (Wildman–Crippen MR) is 111 cm³/mol. The second-order valence-electron chi connectivity index (χ2n) is 6.53. The van der Waals surface area contributed by atoms with E-state index in [0.717, 1.165) is 25.7 Å². The predicted octanol–water partition coefficient (Wildman–Crippen LogP) is 4.20. The summed E-state index contributed by atoms with van der Waals surface area (Å²) >= 11 is 0. The van der Waals surface area contributed by atoms with Crippen LogP contribution in [-0.4, -0.2) is 25.1 Å². The molecule has 0 saturated heterocycles. The minimum atomic E-state index is -0.445. The van der Waals surface area contributed by atoms with Crippen LogP contribution in [-0.2, 0) is 16.0 Å². The summed E-state index contributed by atoms with van der Waals surface area (Å²) in [5.41, 5.74) is 8.51. The number of carbonyl (C=O) groups excluding carboxylic acids is 2. The van der Waals surface area contributed by atoms with Crippen LogP contribution in [0.1, 0.15) is 49.0 Å². The fourth-order valence-corrected chi connectivity index (χ4v) is 2.54. The van der Waals surface area contributed by atoms with Crippen molar-refractivity contribution in [3.05, 3.63) is 53.6 Å². The number of hydrogen-bond acceptors (Lipinski definition) is 5. The molecule has 0 aliphatic carbocycles. The molecule has 150 valence electrons. The zero-order valence-corrected chi connectivity index (χ0v) is 16.5. The summed E-state index contributed by atoms with van der Waals surface area (Å²) in [6.45, 7) is 4.21. The quantitative estimate of drug-likeness (QED) is 0.473. The van der Waals surface area contributed by atoms with Crippen molar-refractivity contribution in [2.75, 3.05) is 24.3 Å². The molecule has 0 bridgehead atoms. The van der Waals surface area contributed by atoms with Crippen molar-refractivity contribution in [3.63, 3.8) is 0 Å². The zero-order chi connectivity index (χ0) is 20.4. The fraction of sp³-hybridized carbons (Fsp3) is 0.364. The molecule has 0 atom stereocenters. The zero-order valence-electron chi connectivity index (χ0n) is 16.5. The van der Waals surface area contributed by atoms with Gasteiger partial charge in [0.05, 0.1) is 17.9 Å². The average molecular weight is 384 g/mol. The van der Waals surface area contributed by atoms with Gasteiger partial charge in [-0.2, -0.15) is 0 Å². The highest BCUT2D eigenvalue weighted by molar-refractivity contribution is 5.92. The normalized spacial score (nSPS) is 10.4. The maximum atomic E-state index is 12.1. The Labute approximate surface area is 166 Å². The molecule has 0 saturated carbocycles. The van der Waals surface area contributed by atoms with Crippen molar-refractivity contribution in [3.8, 4) is 5.75 Å². The van der Waals surface area contributed by atoms with E-state index in [0.29, 0.717) is 23.5 Å². The molecule has 0 fully saturated rings. The van der Waals surface area contributed by atoms with Crippen LogP contribution in [0.25, 0.3) is 0 Å². The van der Waals surface area contributed by atoms with Crippen LogP contribution in [0.3, 0.4) is 0 Å². The Kier molecular flexibility index (Phi) is 8.34. The summed E-state index contributed by atoms with van der Waals surface area (Å²) in [4.78, 5) is 24.1. The standard InChI is InChI=1S/C22H28N2O4/c1-3-5-6-16-7-10-18(11-8-16)24-21(25)15-28-20-14-17(9-12-19(20)23)22(26)27-13-4-2/h7-12,14H,3-6,13,15,23H2,1-2H3,(H,24,25). The van der Waals surface area contributed by atoms with Crippen molar-refractivity contribution in [2.45, 2.75) is 39.5 Å². The number of amides is 1. The first-order valence-corrected chi connectivity index (χ1v) is 9.61. The van der Waals surface area contributed by atoms with Gasteiger partial charge in [0, 0.05) is 5.69 Å². The summed E-state index contributed by atoms with van der Waals surface area (Å²) in [5.74, 6) is -0.477. The Balaban J connectivity index is 1.90. The number of anilines is 2. The molecule has 0 heterocycles. The van der Waals surface area contributed by atoms with Crippen LogP contribution < -0.4 is 15.8 Å². The second kappa shape index (κ2) is 11.0. The first kappa shape index (κ1) is 21.3. The highest BCUT2D eigenvalue weighted by Gasteiger charge is 2.12. The molecule has 2 aromatic carbocycles. The minimum Gasteiger partial charge on any atom is -0.482 e. The van der Waals surface area contributed by atoms with Crippen molar-refractivity contribution in [2.24, 2.45) is 0 Å². The van der Waals surface area contributed by atoms with Crippen LogP contribution in [0.2, 0.25) is 0 Å². The molecule has 0 aliphatic rings. The molecule has 2 rings (SSSR count). The molecule has 0 aromatic heterocycles. The summed E-state index contributed by atoms with van der Waals surface area (Å²) in [7, 11) is 0. The van der Waals surface area contributed by atoms with E-state index in [1.54, 1.807) is 12.1 Å². The summed E-state index contributed by atoms with van der Waals surface area (Å²) in [6.07, 6.45) is 4.07. The molecule has 0 spiro atoms. The molecule has 6 heteroatoms. The number of carbonyl (C=O) groups is 2. The maximum Gasteiger partial charge on any atom is 0.338 e. The smallest absolute Gasteiger partial charge is 0.338 e. The van der Waals surface area contributed by atoms with E-state index in [1.807, 2.05) is 31.2 Å². The molecule has 3 N–H and O–H groups in total. The molecule has 1 amide bonds. The molecule has 0 radical (unpaired) electrons. The summed E-state index contributed by atoms with van der Waals surface area (Å²) < 4.78 is 10.6. The largest absolute Gasteiger partial charge is 0.482 e. The van der Waals surface area contributed by atoms with Gasteiger partial charge in [0.2, 0.25) is 0 Å². The number of ether oxygens (including phenoxy) is 2. The lowest BCUT2D eigenvalue weighted by Gasteiger charge is -2.11. The lowest BCUT2D eigenvalue weighted by molar-refractivity contribution is -0.118. The van der Waals surface area contributed by atoms with Crippen LogP contribution in [0.5, 0.6) is 5.75 Å². The lowest BCUT2D eigenvalue weighted by atomic mass is 10.1. The Bertz CT molecular complexity index is 788. The van der Waals surface area contributed by atoms with Gasteiger partial charge in [-0.25, -0.2) is 4.79 Å². The van der Waals surface area contributed by atoms with Gasteiger partial charge >= 0.3 is 5.97 Å². The highest BCUT2D eigenvalue weighted by Crippen LogP contribution is 2.23. The van der Waals surface area contributed by atoms with Crippen molar-refractivity contribution >= 4 is 23.3 Å². The third-order valence-corrected chi connectivity index (χ3v) is 4.10. The van der Waals surface area contributed by atoms with Gasteiger partial charge < -0.3 is 20.5 Å². The van der Waals surface area contributed by atoms with Gasteiger partial charge in [-0.05, 0) is 55.2 Å². The van der Waals surface area contributed by atoms with E-state index < -0.39 is 5.97 Å². The molecule has 28 heavy (non-hydrogen) atoms. The van der Waals surface area contributed by atoms with E-state index >= 15 is 0 Å². The molecule has 0 unspecified atom stereocenters. The SMILES string of the molecule is CCCCc1ccc(NC(=O)COc2cc(C(=O)OCCC)ccc2N)cc1. The highest BCUT2D eigenvalue weighted by atomic mass is 16.5. The van der Waals surface area contributed by atoms with Gasteiger partial charge in [0.15, 0.2) is 6.61 Å². The number of esters is 1. The van der Waals surface area contributed by atoms with Crippen LogP contribution in [0.15, 0.2) is 42.5 Å². The molecular weight excluding hydrogens is 356 g/mol. The Morgan fingerprint density at radius 3 is 2.46 bits per heavy atom. The first-order chi connectivity index (χ1) is 13.5. The van der Waals surface area contributed by atoms with Gasteiger partial charge in [0.1, 0.15) is 5.75 Å². The number of unbranched alkanes of at least 4 members (excludes halogenated alkanes) is 1. The van der Waals surface area contributed by atoms with Crippen molar-refractivity contribution < 1.29 is 19.1 Å². The van der Waals surface area contributed by atoms with E-state index in [-0.39, 0.29) is 18.3 Å². The maximum absolute atomic E-state index is 12.1. The van der Waals surface area contributed by atoms with Gasteiger partial charge in [-0.1, -0.05) is 32.4 Å². The molecule has 0 aliphatic heterocycles. The average Bonchev–Trinajstić information content (AvgIpc) is 2.70. The number of aryl methyl sites for hydroxylation is 1. The number of nitrogen functional groups attached to an aromatic ring is 1. The number of hydrogen-bond donors (Lipinski definition) is 2. The third-order valence-electron chi connectivity index (χ3n) is 4.10. The van der Waals surface area contributed by atoms with E-state index in [9.17, 15) is 9.59 Å². The van der Waals surface area contributed by atoms with Gasteiger partial charge in [0.25, 0.3) is 5.91 Å². The van der Waals surface area contributed by atoms with Gasteiger partial charge in [-0.3, -0.25) is 4.79 Å².